The molecule has 1 aliphatic heterocycles. The predicted octanol–water partition coefficient (Wildman–Crippen LogP) is -0.225. The van der Waals surface area contributed by atoms with Crippen LogP contribution in [-0.2, 0) is 9.53 Å². The van der Waals surface area contributed by atoms with Crippen LogP contribution in [0, 0.1) is 0 Å². The number of hydrogen-bond donors (Lipinski definition) is 5. The topological polar surface area (TPSA) is 151 Å². The molecule has 1 saturated heterocycles. The van der Waals surface area contributed by atoms with E-state index in [0.717, 1.165) is 0 Å². The Morgan fingerprint density at radius 3 is 2.53 bits per heavy atom. The molecule has 9 heteroatoms. The quantitative estimate of drug-likeness (QED) is 0.436. The molecule has 3 rings (SSSR count). The molecule has 2 amide bonds. The van der Waals surface area contributed by atoms with Crippen molar-refractivity contribution in [2.75, 3.05) is 6.61 Å². The summed E-state index contributed by atoms with van der Waals surface area (Å²) < 4.78 is 11.6. The van der Waals surface area contributed by atoms with Crippen LogP contribution in [0.5, 0.6) is 5.75 Å². The lowest BCUT2D eigenvalue weighted by Gasteiger charge is -2.42. The summed E-state index contributed by atoms with van der Waals surface area (Å²) in [6, 6.07) is 12.5. The van der Waals surface area contributed by atoms with Gasteiger partial charge in [-0.1, -0.05) is 30.3 Å². The van der Waals surface area contributed by atoms with Gasteiger partial charge in [-0.05, 0) is 23.8 Å². The molecule has 0 bridgehead atoms. The van der Waals surface area contributed by atoms with Gasteiger partial charge in [-0.25, -0.2) is 0 Å². The summed E-state index contributed by atoms with van der Waals surface area (Å²) in [5, 5.41) is 32.5. The monoisotopic (exact) mass is 416 g/mol. The largest absolute Gasteiger partial charge is 0.462 e. The third-order valence-corrected chi connectivity index (χ3v) is 4.84. The molecular weight excluding hydrogens is 392 g/mol. The molecular formula is C21H24N2O7. The lowest BCUT2D eigenvalue weighted by Crippen LogP contribution is -2.65. The third kappa shape index (κ3) is 4.60. The van der Waals surface area contributed by atoms with Gasteiger partial charge in [-0.3, -0.25) is 9.59 Å². The van der Waals surface area contributed by atoms with Crippen LogP contribution in [0.1, 0.15) is 17.3 Å². The molecule has 1 fully saturated rings. The molecule has 2 aromatic carbocycles. The fourth-order valence-corrected chi connectivity index (χ4v) is 3.34. The van der Waals surface area contributed by atoms with E-state index in [-0.39, 0.29) is 0 Å². The predicted molar refractivity (Wildman–Crippen MR) is 106 cm³/mol. The van der Waals surface area contributed by atoms with Crippen LogP contribution < -0.4 is 15.8 Å². The van der Waals surface area contributed by atoms with Crippen molar-refractivity contribution >= 4 is 11.8 Å². The summed E-state index contributed by atoms with van der Waals surface area (Å²) in [7, 11) is 0. The number of nitrogens with two attached hydrogens (primary N) is 1. The Morgan fingerprint density at radius 1 is 1.13 bits per heavy atom. The number of aliphatic hydroxyl groups is 3. The number of aliphatic hydroxyl groups excluding tert-OH is 3. The Kier molecular flexibility index (Phi) is 6.68. The highest BCUT2D eigenvalue weighted by molar-refractivity contribution is 5.94. The number of hydrogen-bond acceptors (Lipinski definition) is 7. The summed E-state index contributed by atoms with van der Waals surface area (Å²) in [6.45, 7) is 0.713. The van der Waals surface area contributed by atoms with Gasteiger partial charge in [0, 0.05) is 18.1 Å². The first kappa shape index (κ1) is 21.7. The molecule has 0 unspecified atom stereocenters. The maximum Gasteiger partial charge on any atom is 0.248 e. The average Bonchev–Trinajstić information content (AvgIpc) is 2.73. The van der Waals surface area contributed by atoms with Crippen LogP contribution in [0.2, 0.25) is 0 Å². The Labute approximate surface area is 173 Å². The first-order valence-corrected chi connectivity index (χ1v) is 9.37. The Bertz CT molecular complexity index is 920. The highest BCUT2D eigenvalue weighted by atomic mass is 16.7. The zero-order valence-electron chi connectivity index (χ0n) is 16.3. The number of benzene rings is 2. The molecule has 0 aromatic heterocycles. The first-order valence-electron chi connectivity index (χ1n) is 9.37. The minimum atomic E-state index is -1.42. The fraction of sp³-hybridized carbons (Fsp3) is 0.333. The molecule has 6 N–H and O–H groups in total. The second-order valence-corrected chi connectivity index (χ2v) is 6.99. The van der Waals surface area contributed by atoms with Gasteiger partial charge in [-0.15, -0.1) is 0 Å². The molecule has 9 nitrogen and oxygen atoms in total. The number of primary amides is 1. The Balaban J connectivity index is 1.95. The van der Waals surface area contributed by atoms with Crippen molar-refractivity contribution in [3.05, 3.63) is 54.1 Å². The summed E-state index contributed by atoms with van der Waals surface area (Å²) >= 11 is 0. The molecule has 0 spiro atoms. The molecule has 5 atom stereocenters. The van der Waals surface area contributed by atoms with Crippen LogP contribution in [-0.4, -0.2) is 64.4 Å². The molecule has 1 heterocycles. The van der Waals surface area contributed by atoms with Crippen LogP contribution in [0.15, 0.2) is 48.5 Å². The number of amides is 2. The molecule has 0 aliphatic carbocycles. The lowest BCUT2D eigenvalue weighted by atomic mass is 9.96. The van der Waals surface area contributed by atoms with E-state index in [1.54, 1.807) is 48.5 Å². The zero-order chi connectivity index (χ0) is 21.8. The van der Waals surface area contributed by atoms with Crippen LogP contribution >= 0.6 is 0 Å². The molecule has 0 radical (unpaired) electrons. The van der Waals surface area contributed by atoms with Crippen LogP contribution in [0.4, 0.5) is 0 Å². The van der Waals surface area contributed by atoms with Gasteiger partial charge in [0.05, 0.1) is 6.61 Å². The summed E-state index contributed by atoms with van der Waals surface area (Å²) in [5.41, 5.74) is 6.97. The van der Waals surface area contributed by atoms with Crippen LogP contribution in [0.3, 0.4) is 0 Å². The smallest absolute Gasteiger partial charge is 0.248 e. The summed E-state index contributed by atoms with van der Waals surface area (Å²) in [5.74, 6) is -0.674. The molecule has 2 aromatic rings. The summed E-state index contributed by atoms with van der Waals surface area (Å²) in [6.07, 6.45) is -5.12. The molecule has 30 heavy (non-hydrogen) atoms. The van der Waals surface area contributed by atoms with Crippen LogP contribution in [0.25, 0.3) is 11.1 Å². The zero-order valence-corrected chi connectivity index (χ0v) is 16.3. The van der Waals surface area contributed by atoms with Crippen molar-refractivity contribution in [2.45, 2.75) is 37.6 Å². The van der Waals surface area contributed by atoms with Gasteiger partial charge in [-0.2, -0.15) is 0 Å². The van der Waals surface area contributed by atoms with E-state index in [2.05, 4.69) is 5.32 Å². The lowest BCUT2D eigenvalue weighted by molar-refractivity contribution is -0.244. The van der Waals surface area contributed by atoms with E-state index < -0.39 is 49.1 Å². The van der Waals surface area contributed by atoms with Crippen molar-refractivity contribution in [1.82, 2.24) is 5.32 Å². The van der Waals surface area contributed by atoms with Crippen molar-refractivity contribution in [3.63, 3.8) is 0 Å². The van der Waals surface area contributed by atoms with Crippen molar-refractivity contribution in [2.24, 2.45) is 5.73 Å². The molecule has 160 valence electrons. The number of carbonyl (C=O) groups excluding carboxylic acids is 2. The minimum Gasteiger partial charge on any atom is -0.462 e. The molecule has 0 saturated carbocycles. The van der Waals surface area contributed by atoms with Gasteiger partial charge < -0.3 is 35.8 Å². The van der Waals surface area contributed by atoms with E-state index in [1.165, 1.54) is 6.92 Å². The number of para-hydroxylation sites is 1. The minimum absolute atomic E-state index is 0.325. The Hall–Kier alpha value is -2.98. The molecule has 1 aliphatic rings. The number of carbonyl (C=O) groups is 2. The van der Waals surface area contributed by atoms with E-state index in [1.807, 2.05) is 0 Å². The Morgan fingerprint density at radius 2 is 1.87 bits per heavy atom. The van der Waals surface area contributed by atoms with Gasteiger partial charge >= 0.3 is 0 Å². The highest BCUT2D eigenvalue weighted by Gasteiger charge is 2.46. The average molecular weight is 416 g/mol. The first-order chi connectivity index (χ1) is 14.3. The van der Waals surface area contributed by atoms with Gasteiger partial charge in [0.1, 0.15) is 30.1 Å². The van der Waals surface area contributed by atoms with Gasteiger partial charge in [0.15, 0.2) is 0 Å². The SMILES string of the molecule is CC(=O)N[C@H]1[C@H](Oc2ccccc2-c2cccc(C(N)=O)c2)O[C@H](CO)[C@H](O)[C@@H]1O. The number of ether oxygens (including phenoxy) is 2. The normalized spacial score (nSPS) is 26.1. The van der Waals surface area contributed by atoms with Crippen molar-refractivity contribution in [3.8, 4) is 16.9 Å². The van der Waals surface area contributed by atoms with Gasteiger partial charge in [0.25, 0.3) is 0 Å². The van der Waals surface area contributed by atoms with E-state index >= 15 is 0 Å². The number of rotatable bonds is 6. The van der Waals surface area contributed by atoms with E-state index in [4.69, 9.17) is 15.2 Å². The maximum atomic E-state index is 11.6. The highest BCUT2D eigenvalue weighted by Crippen LogP contribution is 2.33. The second kappa shape index (κ2) is 9.23. The summed E-state index contributed by atoms with van der Waals surface area (Å²) in [4.78, 5) is 23.1. The standard InChI is InChI=1S/C21H24N2O7/c1-11(25)23-17-19(27)18(26)16(10-24)30-21(17)29-15-8-3-2-7-14(15)12-5-4-6-13(9-12)20(22)28/h2-9,16-19,21,24,26-27H,10H2,1H3,(H2,22,28)(H,23,25)/t16-,17-,18+,19-,21-/m1/s1. The second-order valence-electron chi connectivity index (χ2n) is 6.99. The third-order valence-electron chi connectivity index (χ3n) is 4.84. The van der Waals surface area contributed by atoms with E-state index in [0.29, 0.717) is 22.4 Å². The van der Waals surface area contributed by atoms with Crippen molar-refractivity contribution < 1.29 is 34.4 Å². The number of nitrogens with one attached hydrogen (secondary N) is 1. The fourth-order valence-electron chi connectivity index (χ4n) is 3.34. The van der Waals surface area contributed by atoms with Crippen molar-refractivity contribution in [1.29, 1.82) is 0 Å². The maximum absolute atomic E-state index is 11.6. The van der Waals surface area contributed by atoms with Gasteiger partial charge in [0.2, 0.25) is 18.1 Å². The van der Waals surface area contributed by atoms with E-state index in [9.17, 15) is 24.9 Å².